The summed E-state index contributed by atoms with van der Waals surface area (Å²) in [5.74, 6) is -0.865. The molecule has 0 saturated carbocycles. The second kappa shape index (κ2) is 5.57. The van der Waals surface area contributed by atoms with E-state index in [2.05, 4.69) is 0 Å². The van der Waals surface area contributed by atoms with Crippen LogP contribution in [0.5, 0.6) is 5.75 Å². The van der Waals surface area contributed by atoms with E-state index in [1.165, 1.54) is 13.2 Å². The number of carboxylic acids is 1. The molecule has 19 heavy (non-hydrogen) atoms. The van der Waals surface area contributed by atoms with E-state index in [4.69, 9.17) is 9.84 Å². The lowest BCUT2D eigenvalue weighted by Crippen LogP contribution is -2.23. The van der Waals surface area contributed by atoms with Crippen LogP contribution in [0, 0.1) is 17.7 Å². The van der Waals surface area contributed by atoms with Crippen LogP contribution in [0.25, 0.3) is 0 Å². The van der Waals surface area contributed by atoms with Crippen molar-refractivity contribution in [3.8, 4) is 5.75 Å². The summed E-state index contributed by atoms with van der Waals surface area (Å²) in [6.45, 7) is 3.51. The summed E-state index contributed by atoms with van der Waals surface area (Å²) < 4.78 is 18.8. The molecule has 0 radical (unpaired) electrons. The van der Waals surface area contributed by atoms with Gasteiger partial charge < -0.3 is 9.84 Å². The van der Waals surface area contributed by atoms with E-state index in [1.54, 1.807) is 12.1 Å². The second-order valence-electron chi connectivity index (χ2n) is 5.07. The van der Waals surface area contributed by atoms with Crippen LogP contribution in [0.15, 0.2) is 18.2 Å². The number of likely N-dealkylation sites (tertiary alicyclic amines) is 1. The fraction of sp³-hybridized carbons (Fsp3) is 0.500. The first-order valence-electron chi connectivity index (χ1n) is 6.29. The number of hydrogen-bond donors (Lipinski definition) is 1. The number of benzene rings is 1. The molecule has 1 aromatic rings. The van der Waals surface area contributed by atoms with Gasteiger partial charge in [0.15, 0.2) is 0 Å². The molecule has 1 aliphatic heterocycles. The topological polar surface area (TPSA) is 49.8 Å². The fourth-order valence-electron chi connectivity index (χ4n) is 2.54. The molecular weight excluding hydrogens is 249 g/mol. The van der Waals surface area contributed by atoms with Gasteiger partial charge in [-0.05, 0) is 12.0 Å². The molecule has 0 amide bonds. The molecule has 4 nitrogen and oxygen atoms in total. The molecule has 1 aromatic carbocycles. The quantitative estimate of drug-likeness (QED) is 0.906. The van der Waals surface area contributed by atoms with Gasteiger partial charge in [0.25, 0.3) is 0 Å². The van der Waals surface area contributed by atoms with Crippen molar-refractivity contribution < 1.29 is 19.0 Å². The number of aliphatic carboxylic acids is 1. The maximum absolute atomic E-state index is 13.8. The van der Waals surface area contributed by atoms with Crippen molar-refractivity contribution in [3.63, 3.8) is 0 Å². The Labute approximate surface area is 111 Å². The lowest BCUT2D eigenvalue weighted by molar-refractivity contribution is -0.142. The number of carbonyl (C=O) groups is 1. The molecule has 0 aromatic heterocycles. The third kappa shape index (κ3) is 3.04. The Morgan fingerprint density at radius 3 is 2.79 bits per heavy atom. The van der Waals surface area contributed by atoms with Gasteiger partial charge in [0.1, 0.15) is 11.6 Å². The van der Waals surface area contributed by atoms with Gasteiger partial charge in [-0.15, -0.1) is 0 Å². The molecular formula is C14H18FNO3. The number of halogens is 1. The number of hydrogen-bond acceptors (Lipinski definition) is 3. The highest BCUT2D eigenvalue weighted by Gasteiger charge is 2.34. The van der Waals surface area contributed by atoms with E-state index in [0.29, 0.717) is 30.9 Å². The third-order valence-corrected chi connectivity index (χ3v) is 3.66. The minimum atomic E-state index is -0.773. The number of nitrogens with zero attached hydrogens (tertiary/aromatic N) is 1. The molecule has 1 heterocycles. The van der Waals surface area contributed by atoms with Crippen molar-refractivity contribution in [3.05, 3.63) is 29.6 Å². The lowest BCUT2D eigenvalue weighted by atomic mass is 9.99. The second-order valence-corrected chi connectivity index (χ2v) is 5.07. The van der Waals surface area contributed by atoms with E-state index in [9.17, 15) is 9.18 Å². The average molecular weight is 267 g/mol. The zero-order chi connectivity index (χ0) is 14.0. The highest BCUT2D eigenvalue weighted by atomic mass is 19.1. The van der Waals surface area contributed by atoms with Gasteiger partial charge in [0.2, 0.25) is 0 Å². The van der Waals surface area contributed by atoms with Crippen LogP contribution in [0.3, 0.4) is 0 Å². The van der Waals surface area contributed by atoms with Crippen LogP contribution < -0.4 is 4.74 Å². The largest absolute Gasteiger partial charge is 0.497 e. The molecule has 0 aliphatic carbocycles. The maximum Gasteiger partial charge on any atom is 0.308 e. The van der Waals surface area contributed by atoms with Gasteiger partial charge in [-0.1, -0.05) is 13.0 Å². The van der Waals surface area contributed by atoms with Gasteiger partial charge in [0, 0.05) is 31.3 Å². The first kappa shape index (κ1) is 13.8. The van der Waals surface area contributed by atoms with E-state index in [0.717, 1.165) is 0 Å². The molecule has 2 atom stereocenters. The molecule has 1 aliphatic rings. The Bertz CT molecular complexity index is 478. The maximum atomic E-state index is 13.8. The molecule has 2 rings (SSSR count). The SMILES string of the molecule is COc1ccc(CN2C[C@@H](C)[C@H](C(=O)O)C2)c(F)c1. The monoisotopic (exact) mass is 267 g/mol. The summed E-state index contributed by atoms with van der Waals surface area (Å²) in [7, 11) is 1.49. The smallest absolute Gasteiger partial charge is 0.308 e. The van der Waals surface area contributed by atoms with Gasteiger partial charge in [-0.2, -0.15) is 0 Å². The Hall–Kier alpha value is -1.62. The Morgan fingerprint density at radius 2 is 2.26 bits per heavy atom. The molecule has 0 bridgehead atoms. The predicted molar refractivity (Wildman–Crippen MR) is 68.5 cm³/mol. The molecule has 1 N–H and O–H groups in total. The summed E-state index contributed by atoms with van der Waals surface area (Å²) in [5.41, 5.74) is 0.569. The first-order valence-corrected chi connectivity index (χ1v) is 6.29. The van der Waals surface area contributed by atoms with Crippen LogP contribution in [-0.2, 0) is 11.3 Å². The van der Waals surface area contributed by atoms with Crippen molar-refractivity contribution in [2.45, 2.75) is 13.5 Å². The van der Waals surface area contributed by atoms with Gasteiger partial charge in [-0.3, -0.25) is 9.69 Å². The predicted octanol–water partition coefficient (Wildman–Crippen LogP) is 1.99. The van der Waals surface area contributed by atoms with Crippen LogP contribution in [0.2, 0.25) is 0 Å². The number of methoxy groups -OCH3 is 1. The highest BCUT2D eigenvalue weighted by Crippen LogP contribution is 2.26. The highest BCUT2D eigenvalue weighted by molar-refractivity contribution is 5.71. The number of ether oxygens (including phenoxy) is 1. The Kier molecular flexibility index (Phi) is 4.04. The normalized spacial score (nSPS) is 23.5. The first-order chi connectivity index (χ1) is 9.01. The summed E-state index contributed by atoms with van der Waals surface area (Å²) in [4.78, 5) is 13.0. The number of carboxylic acid groups (broad SMARTS) is 1. The summed E-state index contributed by atoms with van der Waals surface area (Å²) in [6, 6.07) is 4.75. The number of rotatable bonds is 4. The standard InChI is InChI=1S/C14H18FNO3/c1-9-6-16(8-12(9)14(17)18)7-10-3-4-11(19-2)5-13(10)15/h3-5,9,12H,6-8H2,1-2H3,(H,17,18)/t9-,12-/m1/s1. The van der Waals surface area contributed by atoms with Crippen molar-refractivity contribution >= 4 is 5.97 Å². The minimum absolute atomic E-state index is 0.0961. The molecule has 0 spiro atoms. The van der Waals surface area contributed by atoms with Crippen molar-refractivity contribution in [2.24, 2.45) is 11.8 Å². The summed E-state index contributed by atoms with van der Waals surface area (Å²) in [6.07, 6.45) is 0. The summed E-state index contributed by atoms with van der Waals surface area (Å²) >= 11 is 0. The van der Waals surface area contributed by atoms with E-state index in [1.807, 2.05) is 11.8 Å². The van der Waals surface area contributed by atoms with Gasteiger partial charge in [0.05, 0.1) is 13.0 Å². The molecule has 1 saturated heterocycles. The molecule has 104 valence electrons. The third-order valence-electron chi connectivity index (χ3n) is 3.66. The fourth-order valence-corrected chi connectivity index (χ4v) is 2.54. The lowest BCUT2D eigenvalue weighted by Gasteiger charge is -2.16. The van der Waals surface area contributed by atoms with Crippen molar-refractivity contribution in [2.75, 3.05) is 20.2 Å². The molecule has 1 fully saturated rings. The zero-order valence-corrected chi connectivity index (χ0v) is 11.1. The van der Waals surface area contributed by atoms with Crippen molar-refractivity contribution in [1.82, 2.24) is 4.90 Å². The van der Waals surface area contributed by atoms with Crippen LogP contribution >= 0.6 is 0 Å². The Balaban J connectivity index is 2.04. The van der Waals surface area contributed by atoms with Crippen LogP contribution in [0.1, 0.15) is 12.5 Å². The van der Waals surface area contributed by atoms with Gasteiger partial charge >= 0.3 is 5.97 Å². The van der Waals surface area contributed by atoms with E-state index in [-0.39, 0.29) is 17.7 Å². The van der Waals surface area contributed by atoms with Gasteiger partial charge in [-0.25, -0.2) is 4.39 Å². The Morgan fingerprint density at radius 1 is 1.53 bits per heavy atom. The molecule has 0 unspecified atom stereocenters. The minimum Gasteiger partial charge on any atom is -0.497 e. The average Bonchev–Trinajstić information content (AvgIpc) is 2.73. The van der Waals surface area contributed by atoms with E-state index >= 15 is 0 Å². The molecule has 5 heteroatoms. The van der Waals surface area contributed by atoms with E-state index < -0.39 is 5.97 Å². The van der Waals surface area contributed by atoms with Crippen LogP contribution in [-0.4, -0.2) is 36.2 Å². The van der Waals surface area contributed by atoms with Crippen LogP contribution in [0.4, 0.5) is 4.39 Å². The summed E-state index contributed by atoms with van der Waals surface area (Å²) in [5, 5.41) is 9.07. The van der Waals surface area contributed by atoms with Crippen molar-refractivity contribution in [1.29, 1.82) is 0 Å². The zero-order valence-electron chi connectivity index (χ0n) is 11.1.